The molecule has 2 aliphatic rings. The van der Waals surface area contributed by atoms with E-state index in [1.807, 2.05) is 31.3 Å². The Balaban J connectivity index is 1.58. The standard InChI is InChI=1S/C22H36N6O/c1-4-23-22(25-15-18-11-8-13-24-20(18)27(2)3)26-19-12-14-28(16-19)21(29)17-9-6-5-7-10-17/h8,11,13,17,19H,4-7,9-10,12,14-16H2,1-3H3,(H2,23,25,26). The average Bonchev–Trinajstić information content (AvgIpc) is 3.21. The Hall–Kier alpha value is -2.31. The van der Waals surface area contributed by atoms with Crippen molar-refractivity contribution in [2.45, 2.75) is 58.0 Å². The van der Waals surface area contributed by atoms with Crippen LogP contribution in [0.4, 0.5) is 5.82 Å². The third kappa shape index (κ3) is 5.84. The van der Waals surface area contributed by atoms with Gasteiger partial charge in [0.2, 0.25) is 5.91 Å². The lowest BCUT2D eigenvalue weighted by Gasteiger charge is -2.26. The highest BCUT2D eigenvalue weighted by atomic mass is 16.2. The number of nitrogens with zero attached hydrogens (tertiary/aromatic N) is 4. The largest absolute Gasteiger partial charge is 0.362 e. The van der Waals surface area contributed by atoms with Gasteiger partial charge < -0.3 is 20.4 Å². The molecule has 1 amide bonds. The zero-order valence-corrected chi connectivity index (χ0v) is 18.2. The van der Waals surface area contributed by atoms with Gasteiger partial charge in [0.25, 0.3) is 0 Å². The minimum absolute atomic E-state index is 0.249. The molecule has 1 saturated heterocycles. The monoisotopic (exact) mass is 400 g/mol. The number of nitrogens with one attached hydrogen (secondary N) is 2. The Morgan fingerprint density at radius 3 is 2.79 bits per heavy atom. The number of amides is 1. The number of pyridine rings is 1. The van der Waals surface area contributed by atoms with Gasteiger partial charge in [0.15, 0.2) is 5.96 Å². The summed E-state index contributed by atoms with van der Waals surface area (Å²) in [6, 6.07) is 4.27. The summed E-state index contributed by atoms with van der Waals surface area (Å²) in [5, 5.41) is 6.87. The topological polar surface area (TPSA) is 72.9 Å². The Morgan fingerprint density at radius 1 is 1.28 bits per heavy atom. The fourth-order valence-electron chi connectivity index (χ4n) is 4.32. The fraction of sp³-hybridized carbons (Fsp3) is 0.682. The molecule has 2 N–H and O–H groups in total. The van der Waals surface area contributed by atoms with Crippen LogP contribution in [-0.4, -0.2) is 61.5 Å². The lowest BCUT2D eigenvalue weighted by molar-refractivity contribution is -0.135. The van der Waals surface area contributed by atoms with E-state index in [-0.39, 0.29) is 12.0 Å². The number of aliphatic imine (C=N–C) groups is 1. The lowest BCUT2D eigenvalue weighted by Crippen LogP contribution is -2.45. The lowest BCUT2D eigenvalue weighted by atomic mass is 9.88. The van der Waals surface area contributed by atoms with Gasteiger partial charge in [0, 0.05) is 57.4 Å². The molecule has 1 aromatic heterocycles. The number of hydrogen-bond donors (Lipinski definition) is 2. The molecule has 7 nitrogen and oxygen atoms in total. The van der Waals surface area contributed by atoms with Crippen molar-refractivity contribution >= 4 is 17.7 Å². The molecule has 0 bridgehead atoms. The number of likely N-dealkylation sites (tertiary alicyclic amines) is 1. The van der Waals surface area contributed by atoms with Crippen molar-refractivity contribution in [1.82, 2.24) is 20.5 Å². The van der Waals surface area contributed by atoms with Crippen molar-refractivity contribution in [3.63, 3.8) is 0 Å². The van der Waals surface area contributed by atoms with Gasteiger partial charge in [0.1, 0.15) is 5.82 Å². The Labute approximate surface area is 175 Å². The molecule has 160 valence electrons. The van der Waals surface area contributed by atoms with Gasteiger partial charge in [-0.2, -0.15) is 0 Å². The molecule has 1 saturated carbocycles. The molecule has 1 aliphatic carbocycles. The molecule has 1 aliphatic heterocycles. The Bertz CT molecular complexity index is 698. The van der Waals surface area contributed by atoms with Crippen LogP contribution >= 0.6 is 0 Å². The predicted molar refractivity (Wildman–Crippen MR) is 118 cm³/mol. The summed E-state index contributed by atoms with van der Waals surface area (Å²) in [7, 11) is 3.99. The number of carbonyl (C=O) groups excluding carboxylic acids is 1. The molecule has 3 rings (SSSR count). The molecule has 0 radical (unpaired) electrons. The SMILES string of the molecule is CCNC(=NCc1cccnc1N(C)C)NC1CCN(C(=O)C2CCCCC2)C1. The summed E-state index contributed by atoms with van der Waals surface area (Å²) in [6.07, 6.45) is 8.59. The maximum Gasteiger partial charge on any atom is 0.225 e. The fourth-order valence-corrected chi connectivity index (χ4v) is 4.32. The minimum atomic E-state index is 0.249. The third-order valence-corrected chi connectivity index (χ3v) is 5.84. The maximum absolute atomic E-state index is 12.8. The number of hydrogen-bond acceptors (Lipinski definition) is 4. The first-order chi connectivity index (χ1) is 14.1. The summed E-state index contributed by atoms with van der Waals surface area (Å²) in [6.45, 7) is 5.06. The molecule has 7 heteroatoms. The molecular formula is C22H36N6O. The second-order valence-corrected chi connectivity index (χ2v) is 8.32. The van der Waals surface area contributed by atoms with E-state index in [4.69, 9.17) is 4.99 Å². The number of anilines is 1. The van der Waals surface area contributed by atoms with Crippen molar-refractivity contribution in [2.24, 2.45) is 10.9 Å². The summed E-state index contributed by atoms with van der Waals surface area (Å²) in [4.78, 5) is 26.1. The number of guanidine groups is 1. The number of carbonyl (C=O) groups is 1. The molecule has 1 unspecified atom stereocenters. The van der Waals surface area contributed by atoms with Crippen molar-refractivity contribution in [2.75, 3.05) is 38.6 Å². The zero-order valence-electron chi connectivity index (χ0n) is 18.2. The van der Waals surface area contributed by atoms with Gasteiger partial charge in [0.05, 0.1) is 6.54 Å². The van der Waals surface area contributed by atoms with Crippen LogP contribution in [0.15, 0.2) is 23.3 Å². The molecular weight excluding hydrogens is 364 g/mol. The van der Waals surface area contributed by atoms with E-state index in [9.17, 15) is 4.79 Å². The Kier molecular flexibility index (Phi) is 7.72. The van der Waals surface area contributed by atoms with Crippen LogP contribution in [0.5, 0.6) is 0 Å². The van der Waals surface area contributed by atoms with Gasteiger partial charge >= 0.3 is 0 Å². The van der Waals surface area contributed by atoms with Crippen LogP contribution in [0.3, 0.4) is 0 Å². The van der Waals surface area contributed by atoms with Crippen LogP contribution in [0.1, 0.15) is 51.0 Å². The summed E-state index contributed by atoms with van der Waals surface area (Å²) in [5.74, 6) is 2.36. The van der Waals surface area contributed by atoms with Crippen LogP contribution in [0.25, 0.3) is 0 Å². The zero-order chi connectivity index (χ0) is 20.6. The molecule has 29 heavy (non-hydrogen) atoms. The van der Waals surface area contributed by atoms with E-state index >= 15 is 0 Å². The molecule has 0 spiro atoms. The first kappa shape index (κ1) is 21.4. The Morgan fingerprint density at radius 2 is 2.07 bits per heavy atom. The molecule has 0 aromatic carbocycles. The highest BCUT2D eigenvalue weighted by molar-refractivity contribution is 5.81. The van der Waals surface area contributed by atoms with Crippen LogP contribution < -0.4 is 15.5 Å². The normalized spacial score (nSPS) is 20.6. The van der Waals surface area contributed by atoms with E-state index in [0.717, 1.165) is 56.2 Å². The summed E-state index contributed by atoms with van der Waals surface area (Å²) < 4.78 is 0. The van der Waals surface area contributed by atoms with Crippen molar-refractivity contribution in [3.8, 4) is 0 Å². The smallest absolute Gasteiger partial charge is 0.225 e. The summed E-state index contributed by atoms with van der Waals surface area (Å²) in [5.41, 5.74) is 1.09. The van der Waals surface area contributed by atoms with Gasteiger partial charge in [-0.05, 0) is 32.3 Å². The predicted octanol–water partition coefficient (Wildman–Crippen LogP) is 2.38. The van der Waals surface area contributed by atoms with Crippen molar-refractivity contribution in [3.05, 3.63) is 23.9 Å². The van der Waals surface area contributed by atoms with Gasteiger partial charge in [-0.15, -0.1) is 0 Å². The van der Waals surface area contributed by atoms with E-state index in [1.54, 1.807) is 0 Å². The van der Waals surface area contributed by atoms with Gasteiger partial charge in [-0.25, -0.2) is 9.98 Å². The molecule has 2 heterocycles. The van der Waals surface area contributed by atoms with Crippen LogP contribution in [0, 0.1) is 5.92 Å². The van der Waals surface area contributed by atoms with Crippen molar-refractivity contribution < 1.29 is 4.79 Å². The highest BCUT2D eigenvalue weighted by Crippen LogP contribution is 2.26. The highest BCUT2D eigenvalue weighted by Gasteiger charge is 2.31. The summed E-state index contributed by atoms with van der Waals surface area (Å²) >= 11 is 0. The molecule has 2 fully saturated rings. The molecule has 1 aromatic rings. The maximum atomic E-state index is 12.8. The van der Waals surface area contributed by atoms with E-state index < -0.39 is 0 Å². The minimum Gasteiger partial charge on any atom is -0.362 e. The van der Waals surface area contributed by atoms with E-state index in [2.05, 4.69) is 33.5 Å². The first-order valence-corrected chi connectivity index (χ1v) is 11.0. The number of aromatic nitrogens is 1. The van der Waals surface area contributed by atoms with Gasteiger partial charge in [-0.3, -0.25) is 4.79 Å². The second kappa shape index (κ2) is 10.5. The van der Waals surface area contributed by atoms with E-state index in [1.165, 1.54) is 19.3 Å². The van der Waals surface area contributed by atoms with Crippen LogP contribution in [0.2, 0.25) is 0 Å². The van der Waals surface area contributed by atoms with E-state index in [0.29, 0.717) is 12.5 Å². The van der Waals surface area contributed by atoms with Crippen LogP contribution in [-0.2, 0) is 11.3 Å². The van der Waals surface area contributed by atoms with Gasteiger partial charge in [-0.1, -0.05) is 25.3 Å². The second-order valence-electron chi connectivity index (χ2n) is 8.32. The van der Waals surface area contributed by atoms with Crippen molar-refractivity contribution in [1.29, 1.82) is 0 Å². The molecule has 1 atom stereocenters. The third-order valence-electron chi connectivity index (χ3n) is 5.84. The first-order valence-electron chi connectivity index (χ1n) is 11.0. The number of rotatable bonds is 6. The average molecular weight is 401 g/mol. The quantitative estimate of drug-likeness (QED) is 0.567.